The third kappa shape index (κ3) is 4.16. The molecule has 0 heterocycles. The molecule has 5 rings (SSSR count). The topological polar surface area (TPSA) is 104 Å². The molecule has 0 spiro atoms. The number of aliphatic hydroxyl groups is 3. The Balaban J connectivity index is 1.27. The molecule has 0 unspecified atom stereocenters. The van der Waals surface area contributed by atoms with Crippen LogP contribution in [0.4, 0.5) is 0 Å². The van der Waals surface area contributed by atoms with E-state index in [0.717, 1.165) is 31.1 Å². The zero-order valence-electron chi connectivity index (χ0n) is 24.0. The Morgan fingerprint density at radius 2 is 1.74 bits per heavy atom. The lowest BCUT2D eigenvalue weighted by molar-refractivity contribution is -0.187. The standard InChI is InChI=1S/C32H48O6/c1-19-13-23(19)11-9-7-6-8-10-12-26(34)38-31-16-21(3)32(37)24(27(31)29(31,4)5)15-22(18-33)17-30(36)25(32)14-20(2)28(30)35/h14-15,19,21,23-25,27,33,36-37H,6-13,16-18H2,1-5H3/t19-,21+,23-,24-,25-,27+,30+,31-,32+/m0/s1. The fourth-order valence-electron chi connectivity index (χ4n) is 8.86. The molecule has 3 N–H and O–H groups in total. The van der Waals surface area contributed by atoms with Crippen molar-refractivity contribution < 1.29 is 29.6 Å². The number of hydrogen-bond acceptors (Lipinski definition) is 6. The van der Waals surface area contributed by atoms with E-state index in [0.29, 0.717) is 24.0 Å². The molecule has 0 aromatic heterocycles. The van der Waals surface area contributed by atoms with Gasteiger partial charge in [0.1, 0.15) is 11.2 Å². The van der Waals surface area contributed by atoms with Crippen LogP contribution in [0.2, 0.25) is 0 Å². The summed E-state index contributed by atoms with van der Waals surface area (Å²) in [4.78, 5) is 26.1. The van der Waals surface area contributed by atoms with Gasteiger partial charge in [-0.2, -0.15) is 0 Å². The van der Waals surface area contributed by atoms with Crippen LogP contribution in [0.5, 0.6) is 0 Å². The number of Topliss-reactive ketones (excluding diaryl/α,β-unsaturated/α-hetero) is 1. The van der Waals surface area contributed by atoms with Gasteiger partial charge in [0, 0.05) is 36.0 Å². The van der Waals surface area contributed by atoms with Crippen LogP contribution < -0.4 is 0 Å². The molecule has 0 radical (unpaired) electrons. The van der Waals surface area contributed by atoms with Gasteiger partial charge in [0.15, 0.2) is 5.78 Å². The van der Waals surface area contributed by atoms with Crippen LogP contribution >= 0.6 is 0 Å². The van der Waals surface area contributed by atoms with E-state index in [-0.39, 0.29) is 42.0 Å². The normalized spacial score (nSPS) is 44.3. The van der Waals surface area contributed by atoms with Gasteiger partial charge in [0.25, 0.3) is 0 Å². The Labute approximate surface area is 227 Å². The van der Waals surface area contributed by atoms with Gasteiger partial charge in [-0.05, 0) is 55.1 Å². The monoisotopic (exact) mass is 528 g/mol. The number of ketones is 1. The first-order valence-electron chi connectivity index (χ1n) is 15.0. The van der Waals surface area contributed by atoms with E-state index in [1.54, 1.807) is 13.0 Å². The molecule has 212 valence electrons. The number of ether oxygens (including phenoxy) is 1. The van der Waals surface area contributed by atoms with Crippen LogP contribution in [0.15, 0.2) is 23.3 Å². The van der Waals surface area contributed by atoms with Gasteiger partial charge < -0.3 is 20.1 Å². The van der Waals surface area contributed by atoms with Crippen molar-refractivity contribution in [2.45, 2.75) is 116 Å². The Morgan fingerprint density at radius 3 is 2.39 bits per heavy atom. The first-order valence-corrected chi connectivity index (χ1v) is 15.0. The van der Waals surface area contributed by atoms with Crippen molar-refractivity contribution in [3.8, 4) is 0 Å². The molecule has 0 amide bonds. The molecule has 3 fully saturated rings. The minimum atomic E-state index is -1.76. The quantitative estimate of drug-likeness (QED) is 0.212. The predicted molar refractivity (Wildman–Crippen MR) is 145 cm³/mol. The van der Waals surface area contributed by atoms with Gasteiger partial charge in [-0.3, -0.25) is 9.59 Å². The van der Waals surface area contributed by atoms with Gasteiger partial charge in [0.2, 0.25) is 0 Å². The smallest absolute Gasteiger partial charge is 0.306 e. The second-order valence-corrected chi connectivity index (χ2v) is 14.1. The summed E-state index contributed by atoms with van der Waals surface area (Å²) in [6.45, 7) is 9.86. The predicted octanol–water partition coefficient (Wildman–Crippen LogP) is 4.90. The van der Waals surface area contributed by atoms with E-state index >= 15 is 0 Å². The number of aliphatic hydroxyl groups excluding tert-OH is 1. The lowest BCUT2D eigenvalue weighted by Gasteiger charge is -2.50. The minimum absolute atomic E-state index is 0.00594. The molecule has 0 saturated heterocycles. The van der Waals surface area contributed by atoms with Crippen LogP contribution in [0, 0.1) is 40.9 Å². The first-order chi connectivity index (χ1) is 17.8. The fourth-order valence-corrected chi connectivity index (χ4v) is 8.86. The van der Waals surface area contributed by atoms with Crippen LogP contribution in [-0.4, -0.2) is 50.5 Å². The Kier molecular flexibility index (Phi) is 7.05. The molecule has 38 heavy (non-hydrogen) atoms. The van der Waals surface area contributed by atoms with Crippen molar-refractivity contribution in [2.24, 2.45) is 40.9 Å². The van der Waals surface area contributed by atoms with Crippen molar-refractivity contribution in [1.82, 2.24) is 0 Å². The number of unbranched alkanes of at least 4 members (excludes halogenated alkanes) is 4. The van der Waals surface area contributed by atoms with E-state index in [2.05, 4.69) is 20.8 Å². The molecule has 0 aromatic carbocycles. The summed E-state index contributed by atoms with van der Waals surface area (Å²) in [5.74, 6) is -0.359. The van der Waals surface area contributed by atoms with E-state index < -0.39 is 28.6 Å². The number of carbonyl (C=O) groups excluding carboxylic acids is 2. The van der Waals surface area contributed by atoms with Crippen LogP contribution in [0.1, 0.15) is 98.8 Å². The van der Waals surface area contributed by atoms with Gasteiger partial charge in [-0.15, -0.1) is 0 Å². The van der Waals surface area contributed by atoms with Crippen molar-refractivity contribution in [3.05, 3.63) is 23.3 Å². The summed E-state index contributed by atoms with van der Waals surface area (Å²) in [5, 5.41) is 34.1. The maximum absolute atomic E-state index is 13.1. The summed E-state index contributed by atoms with van der Waals surface area (Å²) in [6, 6.07) is 0. The highest BCUT2D eigenvalue weighted by atomic mass is 16.6. The Hall–Kier alpha value is -1.50. The minimum Gasteiger partial charge on any atom is -0.458 e. The second kappa shape index (κ2) is 9.55. The molecule has 5 aliphatic carbocycles. The van der Waals surface area contributed by atoms with Crippen LogP contribution in [0.25, 0.3) is 0 Å². The molecule has 6 heteroatoms. The summed E-state index contributed by atoms with van der Waals surface area (Å²) in [7, 11) is 0. The van der Waals surface area contributed by atoms with Crippen LogP contribution in [0.3, 0.4) is 0 Å². The highest BCUT2D eigenvalue weighted by Crippen LogP contribution is 2.76. The average molecular weight is 529 g/mol. The Morgan fingerprint density at radius 1 is 1.08 bits per heavy atom. The summed E-state index contributed by atoms with van der Waals surface area (Å²) >= 11 is 0. The van der Waals surface area contributed by atoms with Crippen molar-refractivity contribution in [1.29, 1.82) is 0 Å². The molecule has 0 aliphatic heterocycles. The zero-order valence-corrected chi connectivity index (χ0v) is 24.0. The number of carbonyl (C=O) groups is 2. The van der Waals surface area contributed by atoms with Gasteiger partial charge in [-0.1, -0.05) is 72.0 Å². The molecule has 0 aromatic rings. The third-order valence-corrected chi connectivity index (χ3v) is 11.4. The molecule has 6 nitrogen and oxygen atoms in total. The molecular formula is C32H48O6. The number of esters is 1. The van der Waals surface area contributed by atoms with Crippen molar-refractivity contribution in [2.75, 3.05) is 6.61 Å². The first kappa shape index (κ1) is 28.0. The largest absolute Gasteiger partial charge is 0.458 e. The third-order valence-electron chi connectivity index (χ3n) is 11.4. The molecule has 9 atom stereocenters. The highest BCUT2D eigenvalue weighted by molar-refractivity contribution is 6.04. The number of fused-ring (bicyclic) bond motifs is 5. The van der Waals surface area contributed by atoms with Crippen molar-refractivity contribution >= 4 is 11.8 Å². The Bertz CT molecular complexity index is 1040. The SMILES string of the molecule is CC1=C[C@@H]2[C@@]3(O)[C@H](C)C[C@]4(OC(=O)CCCCCCC[C@H]5C[C@@H]5C)[C@H]([C@@H]3C=C(CO)C[C@]2(O)C1=O)C4(C)C. The lowest BCUT2D eigenvalue weighted by Crippen LogP contribution is -2.61. The highest BCUT2D eigenvalue weighted by Gasteiger charge is 2.83. The lowest BCUT2D eigenvalue weighted by atomic mass is 9.60. The molecule has 5 aliphatic rings. The van der Waals surface area contributed by atoms with E-state index in [4.69, 9.17) is 4.74 Å². The molecule has 0 bridgehead atoms. The van der Waals surface area contributed by atoms with E-state index in [9.17, 15) is 24.9 Å². The molecular weight excluding hydrogens is 480 g/mol. The van der Waals surface area contributed by atoms with Crippen LogP contribution in [-0.2, 0) is 14.3 Å². The van der Waals surface area contributed by atoms with Gasteiger partial charge in [-0.25, -0.2) is 0 Å². The second-order valence-electron chi connectivity index (χ2n) is 14.1. The summed E-state index contributed by atoms with van der Waals surface area (Å²) in [5.41, 5.74) is -3.19. The fraction of sp³-hybridized carbons (Fsp3) is 0.812. The number of hydrogen-bond donors (Lipinski definition) is 3. The average Bonchev–Trinajstić information content (AvgIpc) is 3.66. The molecule has 3 saturated carbocycles. The number of rotatable bonds is 10. The van der Waals surface area contributed by atoms with E-state index in [1.165, 1.54) is 25.7 Å². The summed E-state index contributed by atoms with van der Waals surface area (Å²) in [6.07, 6.45) is 12.8. The maximum atomic E-state index is 13.1. The maximum Gasteiger partial charge on any atom is 0.306 e. The van der Waals surface area contributed by atoms with E-state index in [1.807, 2.05) is 13.0 Å². The van der Waals surface area contributed by atoms with Gasteiger partial charge in [0.05, 0.1) is 12.2 Å². The van der Waals surface area contributed by atoms with Gasteiger partial charge >= 0.3 is 5.97 Å². The summed E-state index contributed by atoms with van der Waals surface area (Å²) < 4.78 is 6.31. The zero-order chi connectivity index (χ0) is 27.7. The van der Waals surface area contributed by atoms with Crippen molar-refractivity contribution in [3.63, 3.8) is 0 Å².